The summed E-state index contributed by atoms with van der Waals surface area (Å²) in [6.07, 6.45) is 12.1. The van der Waals surface area contributed by atoms with Crippen molar-refractivity contribution < 1.29 is 7.96 Å². The summed E-state index contributed by atoms with van der Waals surface area (Å²) in [5, 5.41) is 9.17. The van der Waals surface area contributed by atoms with Crippen LogP contribution in [0.5, 0.6) is 5.75 Å². The molecule has 100 valence electrons. The Morgan fingerprint density at radius 3 is 1.89 bits per heavy atom. The van der Waals surface area contributed by atoms with Crippen LogP contribution in [0.3, 0.4) is 0 Å². The third-order valence-corrected chi connectivity index (χ3v) is 3.26. The van der Waals surface area contributed by atoms with E-state index < -0.39 is 0 Å². The summed E-state index contributed by atoms with van der Waals surface area (Å²) in [5.41, 5.74) is 1.34. The molecule has 0 heterocycles. The van der Waals surface area contributed by atoms with Gasteiger partial charge in [-0.2, -0.15) is 0 Å². The van der Waals surface area contributed by atoms with Gasteiger partial charge in [-0.1, -0.05) is 64.0 Å². The molecule has 1 nitrogen and oxygen atoms in total. The topological polar surface area (TPSA) is 20.2 Å². The molecular weight excluding hydrogens is 248 g/mol. The molecule has 0 spiro atoms. The first-order chi connectivity index (χ1) is 8.33. The normalized spacial score (nSPS) is 10.1. The van der Waals surface area contributed by atoms with E-state index in [1.807, 2.05) is 12.1 Å². The zero-order valence-electron chi connectivity index (χ0n) is 13.8. The van der Waals surface area contributed by atoms with E-state index in [9.17, 15) is 0 Å². The van der Waals surface area contributed by atoms with Gasteiger partial charge in [0.05, 0.1) is 0 Å². The van der Waals surface area contributed by atoms with Crippen molar-refractivity contribution in [2.75, 3.05) is 0 Å². The van der Waals surface area contributed by atoms with Crippen molar-refractivity contribution in [2.24, 2.45) is 0 Å². The molecule has 0 atom stereocenters. The van der Waals surface area contributed by atoms with Gasteiger partial charge >= 0.3 is 37.7 Å². The predicted octanol–water partition coefficient (Wildman–Crippen LogP) is 4.92. The minimum atomic E-state index is 0. The first kappa shape index (κ1) is 18.3. The first-order valence-corrected chi connectivity index (χ1v) is 7.11. The van der Waals surface area contributed by atoms with Crippen LogP contribution in [0, 0.1) is 0 Å². The van der Waals surface area contributed by atoms with Crippen LogP contribution in [0.15, 0.2) is 24.3 Å². The number of aryl methyl sites for hydroxylation is 1. The molecule has 18 heavy (non-hydrogen) atoms. The molecule has 0 bridgehead atoms. The van der Waals surface area contributed by atoms with Crippen LogP contribution >= 0.6 is 0 Å². The monoisotopic (exact) mass is 276 g/mol. The molecule has 0 fully saturated rings. The van der Waals surface area contributed by atoms with Gasteiger partial charge in [0.25, 0.3) is 0 Å². The maximum Gasteiger partial charge on any atom is 2.00 e. The van der Waals surface area contributed by atoms with E-state index >= 15 is 0 Å². The first-order valence-electron chi connectivity index (χ1n) is 7.11. The van der Waals surface area contributed by atoms with E-state index in [1.165, 1.54) is 56.9 Å². The molecule has 0 radical (unpaired) electrons. The zero-order valence-corrected chi connectivity index (χ0v) is 14.0. The van der Waals surface area contributed by atoms with Gasteiger partial charge in [0.15, 0.2) is 0 Å². The molecule has 1 aromatic carbocycles. The van der Waals surface area contributed by atoms with Crippen LogP contribution in [0.4, 0.5) is 0 Å². The third kappa shape index (κ3) is 9.24. The SMILES string of the molecule is CCCCCCCCCCc1ccc(O)cc1.[Ca+2].[H-].[H-]. The molecule has 0 amide bonds. The fraction of sp³-hybridized carbons (Fsp3) is 0.625. The summed E-state index contributed by atoms with van der Waals surface area (Å²) >= 11 is 0. The molecule has 0 saturated heterocycles. The Morgan fingerprint density at radius 2 is 1.33 bits per heavy atom. The van der Waals surface area contributed by atoms with Gasteiger partial charge in [0.2, 0.25) is 0 Å². The summed E-state index contributed by atoms with van der Waals surface area (Å²) in [4.78, 5) is 0. The molecule has 0 saturated carbocycles. The summed E-state index contributed by atoms with van der Waals surface area (Å²) < 4.78 is 0. The Kier molecular flexibility index (Phi) is 12.5. The number of hydrogen-bond acceptors (Lipinski definition) is 1. The van der Waals surface area contributed by atoms with E-state index in [1.54, 1.807) is 12.1 Å². The fourth-order valence-electron chi connectivity index (χ4n) is 2.13. The zero-order chi connectivity index (χ0) is 12.3. The molecule has 0 aliphatic carbocycles. The smallest absolute Gasteiger partial charge is 1.00 e. The molecule has 0 aromatic heterocycles. The van der Waals surface area contributed by atoms with Gasteiger partial charge in [-0.05, 0) is 30.5 Å². The number of unbranched alkanes of at least 4 members (excludes halogenated alkanes) is 7. The van der Waals surface area contributed by atoms with E-state index in [2.05, 4.69) is 6.92 Å². The van der Waals surface area contributed by atoms with Crippen LogP contribution in [-0.2, 0) is 6.42 Å². The van der Waals surface area contributed by atoms with Crippen molar-refractivity contribution in [3.63, 3.8) is 0 Å². The number of hydrogen-bond donors (Lipinski definition) is 1. The minimum absolute atomic E-state index is 0. The van der Waals surface area contributed by atoms with E-state index in [-0.39, 0.29) is 40.6 Å². The Bertz CT molecular complexity index is 291. The van der Waals surface area contributed by atoms with Gasteiger partial charge in [-0.3, -0.25) is 0 Å². The van der Waals surface area contributed by atoms with Crippen molar-refractivity contribution in [1.82, 2.24) is 0 Å². The molecule has 1 N–H and O–H groups in total. The van der Waals surface area contributed by atoms with Crippen molar-refractivity contribution in [3.05, 3.63) is 29.8 Å². The molecule has 0 aliphatic rings. The summed E-state index contributed by atoms with van der Waals surface area (Å²) in [5.74, 6) is 0.365. The predicted molar refractivity (Wildman–Crippen MR) is 82.4 cm³/mol. The number of rotatable bonds is 9. The van der Waals surface area contributed by atoms with Gasteiger partial charge in [0.1, 0.15) is 5.75 Å². The quantitative estimate of drug-likeness (QED) is 0.501. The Morgan fingerprint density at radius 1 is 0.833 bits per heavy atom. The van der Waals surface area contributed by atoms with E-state index in [0.717, 1.165) is 6.42 Å². The number of benzene rings is 1. The van der Waals surface area contributed by atoms with Gasteiger partial charge < -0.3 is 7.96 Å². The van der Waals surface area contributed by atoms with Crippen molar-refractivity contribution in [2.45, 2.75) is 64.7 Å². The molecule has 2 heteroatoms. The maximum absolute atomic E-state index is 9.17. The largest absolute Gasteiger partial charge is 2.00 e. The molecule has 1 aromatic rings. The summed E-state index contributed by atoms with van der Waals surface area (Å²) in [6.45, 7) is 2.26. The van der Waals surface area contributed by atoms with Gasteiger partial charge in [0, 0.05) is 0 Å². The number of phenols is 1. The van der Waals surface area contributed by atoms with E-state index in [0.29, 0.717) is 5.75 Å². The molecule has 1 rings (SSSR count). The Balaban J connectivity index is -0.000000963. The van der Waals surface area contributed by atoms with Crippen LogP contribution < -0.4 is 0 Å². The van der Waals surface area contributed by atoms with Crippen molar-refractivity contribution in [3.8, 4) is 5.75 Å². The second kappa shape index (κ2) is 12.3. The molecular formula is C16H28CaO. The standard InChI is InChI=1S/C16H26O.Ca.2H/c1-2-3-4-5-6-7-8-9-10-15-11-13-16(17)14-12-15;;;/h11-14,17H,2-10H2,1H3;;;/q;+2;2*-1. The minimum Gasteiger partial charge on any atom is -1.00 e. The second-order valence-corrected chi connectivity index (χ2v) is 4.89. The van der Waals surface area contributed by atoms with Crippen LogP contribution in [0.1, 0.15) is 66.7 Å². The van der Waals surface area contributed by atoms with Crippen molar-refractivity contribution >= 4 is 37.7 Å². The van der Waals surface area contributed by atoms with Crippen molar-refractivity contribution in [1.29, 1.82) is 0 Å². The fourth-order valence-corrected chi connectivity index (χ4v) is 2.13. The average molecular weight is 276 g/mol. The Labute approximate surface area is 145 Å². The van der Waals surface area contributed by atoms with Crippen LogP contribution in [0.25, 0.3) is 0 Å². The maximum atomic E-state index is 9.17. The Hall–Kier alpha value is 0.280. The number of aromatic hydroxyl groups is 1. The third-order valence-electron chi connectivity index (χ3n) is 3.26. The van der Waals surface area contributed by atoms with Crippen LogP contribution in [0.2, 0.25) is 0 Å². The average Bonchev–Trinajstić information content (AvgIpc) is 2.35. The van der Waals surface area contributed by atoms with Crippen LogP contribution in [-0.4, -0.2) is 42.8 Å². The van der Waals surface area contributed by atoms with Gasteiger partial charge in [-0.25, -0.2) is 0 Å². The summed E-state index contributed by atoms with van der Waals surface area (Å²) in [6, 6.07) is 7.60. The molecule has 0 aliphatic heterocycles. The molecule has 0 unspecified atom stereocenters. The number of phenolic OH excluding ortho intramolecular Hbond substituents is 1. The summed E-state index contributed by atoms with van der Waals surface area (Å²) in [7, 11) is 0. The second-order valence-electron chi connectivity index (χ2n) is 4.89. The van der Waals surface area contributed by atoms with E-state index in [4.69, 9.17) is 5.11 Å². The van der Waals surface area contributed by atoms with Gasteiger partial charge in [-0.15, -0.1) is 0 Å².